The number of hydrogen-bond acceptors (Lipinski definition) is 1. The van der Waals surface area contributed by atoms with Gasteiger partial charge in [0.25, 0.3) is 0 Å². The van der Waals surface area contributed by atoms with Crippen molar-refractivity contribution in [2.24, 2.45) is 5.92 Å². The van der Waals surface area contributed by atoms with Crippen LogP contribution in [0, 0.1) is 5.92 Å². The van der Waals surface area contributed by atoms with E-state index in [2.05, 4.69) is 38.1 Å². The van der Waals surface area contributed by atoms with Crippen LogP contribution in [0.25, 0.3) is 6.08 Å². The van der Waals surface area contributed by atoms with Gasteiger partial charge in [0.1, 0.15) is 0 Å². The Kier molecular flexibility index (Phi) is 4.41. The smallest absolute Gasteiger partial charge is 0.0603 e. The molecule has 0 aliphatic carbocycles. The summed E-state index contributed by atoms with van der Waals surface area (Å²) in [5.41, 5.74) is 1.24. The van der Waals surface area contributed by atoms with Crippen LogP contribution < -0.4 is 0 Å². The summed E-state index contributed by atoms with van der Waals surface area (Å²) in [4.78, 5) is 0. The largest absolute Gasteiger partial charge is 0.381 e. The van der Waals surface area contributed by atoms with Gasteiger partial charge in [-0.25, -0.2) is 0 Å². The van der Waals surface area contributed by atoms with Crippen molar-refractivity contribution in [2.45, 2.75) is 20.0 Å². The minimum absolute atomic E-state index is 0.273. The van der Waals surface area contributed by atoms with Crippen molar-refractivity contribution in [1.29, 1.82) is 0 Å². The van der Waals surface area contributed by atoms with E-state index in [9.17, 15) is 0 Å². The molecule has 0 aromatic heterocycles. The van der Waals surface area contributed by atoms with Crippen LogP contribution in [0.15, 0.2) is 36.4 Å². The molecule has 1 rings (SSSR count). The summed E-state index contributed by atoms with van der Waals surface area (Å²) >= 11 is 0. The summed E-state index contributed by atoms with van der Waals surface area (Å²) in [7, 11) is 1.75. The topological polar surface area (TPSA) is 9.23 Å². The SMILES string of the molecule is CO[C@H](C)[C@@H](C)/C=C\c1ccccc1. The molecule has 76 valence electrons. The van der Waals surface area contributed by atoms with Crippen LogP contribution in [0.1, 0.15) is 19.4 Å². The second-order valence-electron chi connectivity index (χ2n) is 3.57. The van der Waals surface area contributed by atoms with Crippen molar-refractivity contribution in [3.8, 4) is 0 Å². The zero-order valence-electron chi connectivity index (χ0n) is 9.10. The van der Waals surface area contributed by atoms with Crippen LogP contribution in [-0.2, 0) is 4.74 Å². The predicted molar refractivity (Wildman–Crippen MR) is 61.1 cm³/mol. The van der Waals surface area contributed by atoms with E-state index in [4.69, 9.17) is 4.74 Å². The third-order valence-electron chi connectivity index (χ3n) is 2.50. The summed E-state index contributed by atoms with van der Waals surface area (Å²) < 4.78 is 5.25. The first-order valence-electron chi connectivity index (χ1n) is 5.00. The van der Waals surface area contributed by atoms with Gasteiger partial charge < -0.3 is 4.74 Å². The lowest BCUT2D eigenvalue weighted by molar-refractivity contribution is 0.0901. The fourth-order valence-corrected chi connectivity index (χ4v) is 1.20. The van der Waals surface area contributed by atoms with E-state index in [1.807, 2.05) is 18.2 Å². The highest BCUT2D eigenvalue weighted by Crippen LogP contribution is 2.10. The molecule has 0 aliphatic heterocycles. The number of rotatable bonds is 4. The molecule has 0 radical (unpaired) electrons. The van der Waals surface area contributed by atoms with Crippen LogP contribution >= 0.6 is 0 Å². The van der Waals surface area contributed by atoms with Gasteiger partial charge in [-0.15, -0.1) is 0 Å². The number of hydrogen-bond donors (Lipinski definition) is 0. The molecule has 2 atom stereocenters. The molecule has 1 aromatic rings. The molecule has 0 saturated carbocycles. The fourth-order valence-electron chi connectivity index (χ4n) is 1.20. The fraction of sp³-hybridized carbons (Fsp3) is 0.385. The molecule has 1 aromatic carbocycles. The predicted octanol–water partition coefficient (Wildman–Crippen LogP) is 3.37. The molecule has 0 aliphatic rings. The monoisotopic (exact) mass is 190 g/mol. The van der Waals surface area contributed by atoms with Gasteiger partial charge in [-0.3, -0.25) is 0 Å². The summed E-state index contributed by atoms with van der Waals surface area (Å²) in [6, 6.07) is 10.3. The van der Waals surface area contributed by atoms with E-state index in [0.29, 0.717) is 5.92 Å². The average Bonchev–Trinajstić information content (AvgIpc) is 2.26. The Morgan fingerprint density at radius 2 is 1.79 bits per heavy atom. The summed E-state index contributed by atoms with van der Waals surface area (Å²) in [6.07, 6.45) is 4.60. The van der Waals surface area contributed by atoms with Crippen LogP contribution in [-0.4, -0.2) is 13.2 Å². The number of benzene rings is 1. The van der Waals surface area contributed by atoms with Gasteiger partial charge in [-0.05, 0) is 12.5 Å². The van der Waals surface area contributed by atoms with E-state index >= 15 is 0 Å². The van der Waals surface area contributed by atoms with E-state index in [1.165, 1.54) is 5.56 Å². The number of methoxy groups -OCH3 is 1. The van der Waals surface area contributed by atoms with Crippen LogP contribution in [0.3, 0.4) is 0 Å². The normalized spacial score (nSPS) is 15.6. The second-order valence-corrected chi connectivity index (χ2v) is 3.57. The van der Waals surface area contributed by atoms with E-state index in [-0.39, 0.29) is 6.10 Å². The molecule has 0 bridgehead atoms. The third-order valence-corrected chi connectivity index (χ3v) is 2.50. The summed E-state index contributed by atoms with van der Waals surface area (Å²) in [5, 5.41) is 0. The van der Waals surface area contributed by atoms with Crippen LogP contribution in [0.5, 0.6) is 0 Å². The summed E-state index contributed by atoms with van der Waals surface area (Å²) in [5.74, 6) is 0.445. The standard InChI is InChI=1S/C13H18O/c1-11(12(2)14-3)9-10-13-7-5-4-6-8-13/h4-12H,1-3H3/b10-9-/t11-,12+/m0/s1. The molecule has 0 fully saturated rings. The van der Waals surface area contributed by atoms with Gasteiger partial charge in [-0.2, -0.15) is 0 Å². The molecule has 0 spiro atoms. The Morgan fingerprint density at radius 1 is 1.14 bits per heavy atom. The zero-order chi connectivity index (χ0) is 10.4. The van der Waals surface area contributed by atoms with Gasteiger partial charge >= 0.3 is 0 Å². The maximum atomic E-state index is 5.25. The minimum atomic E-state index is 0.273. The molecule has 0 N–H and O–H groups in total. The third kappa shape index (κ3) is 3.35. The second kappa shape index (κ2) is 5.61. The first-order chi connectivity index (χ1) is 6.74. The lowest BCUT2D eigenvalue weighted by atomic mass is 10.0. The van der Waals surface area contributed by atoms with Crippen LogP contribution in [0.2, 0.25) is 0 Å². The molecule has 1 nitrogen and oxygen atoms in total. The van der Waals surface area contributed by atoms with Gasteiger partial charge in [0.2, 0.25) is 0 Å². The Bertz CT molecular complexity index is 277. The van der Waals surface area contributed by atoms with Crippen molar-refractivity contribution >= 4 is 6.08 Å². The van der Waals surface area contributed by atoms with Gasteiger partial charge in [0.15, 0.2) is 0 Å². The molecule has 0 saturated heterocycles. The van der Waals surface area contributed by atoms with E-state index < -0.39 is 0 Å². The highest BCUT2D eigenvalue weighted by Gasteiger charge is 2.06. The molecular weight excluding hydrogens is 172 g/mol. The van der Waals surface area contributed by atoms with Gasteiger partial charge in [-0.1, -0.05) is 49.4 Å². The Morgan fingerprint density at radius 3 is 2.36 bits per heavy atom. The molecule has 0 unspecified atom stereocenters. The first kappa shape index (κ1) is 11.0. The Labute approximate surface area is 86.4 Å². The molecule has 0 amide bonds. The Hall–Kier alpha value is -1.08. The molecule has 0 heterocycles. The van der Waals surface area contributed by atoms with Crippen molar-refractivity contribution in [3.63, 3.8) is 0 Å². The zero-order valence-corrected chi connectivity index (χ0v) is 9.10. The molecule has 1 heteroatoms. The minimum Gasteiger partial charge on any atom is -0.381 e. The maximum Gasteiger partial charge on any atom is 0.0603 e. The van der Waals surface area contributed by atoms with Crippen molar-refractivity contribution < 1.29 is 4.74 Å². The quantitative estimate of drug-likeness (QED) is 0.707. The molecular formula is C13H18O. The molecule has 14 heavy (non-hydrogen) atoms. The summed E-state index contributed by atoms with van der Waals surface area (Å²) in [6.45, 7) is 4.24. The Balaban J connectivity index is 2.56. The maximum absolute atomic E-state index is 5.25. The average molecular weight is 190 g/mol. The van der Waals surface area contributed by atoms with E-state index in [0.717, 1.165) is 0 Å². The highest BCUT2D eigenvalue weighted by atomic mass is 16.5. The first-order valence-corrected chi connectivity index (χ1v) is 5.00. The van der Waals surface area contributed by atoms with E-state index in [1.54, 1.807) is 7.11 Å². The number of ether oxygens (including phenoxy) is 1. The van der Waals surface area contributed by atoms with Gasteiger partial charge in [0.05, 0.1) is 6.10 Å². The lowest BCUT2D eigenvalue weighted by Gasteiger charge is -2.13. The van der Waals surface area contributed by atoms with Crippen molar-refractivity contribution in [1.82, 2.24) is 0 Å². The van der Waals surface area contributed by atoms with Crippen molar-refractivity contribution in [3.05, 3.63) is 42.0 Å². The van der Waals surface area contributed by atoms with Crippen molar-refractivity contribution in [2.75, 3.05) is 7.11 Å². The van der Waals surface area contributed by atoms with Crippen LogP contribution in [0.4, 0.5) is 0 Å². The lowest BCUT2D eigenvalue weighted by Crippen LogP contribution is -2.13. The highest BCUT2D eigenvalue weighted by molar-refractivity contribution is 5.48. The van der Waals surface area contributed by atoms with Gasteiger partial charge in [0, 0.05) is 13.0 Å².